The lowest BCUT2D eigenvalue weighted by Gasteiger charge is -2.16. The second kappa shape index (κ2) is 9.33. The molecule has 1 unspecified atom stereocenters. The predicted octanol–water partition coefficient (Wildman–Crippen LogP) is 4.24. The normalized spacial score (nSPS) is 16.0. The maximum atomic E-state index is 13.8. The summed E-state index contributed by atoms with van der Waals surface area (Å²) in [6.07, 6.45) is 1.65. The molecule has 3 aromatic rings. The quantitative estimate of drug-likeness (QED) is 0.435. The van der Waals surface area contributed by atoms with Gasteiger partial charge in [-0.3, -0.25) is 14.2 Å². The summed E-state index contributed by atoms with van der Waals surface area (Å²) in [4.78, 5) is 29.9. The summed E-state index contributed by atoms with van der Waals surface area (Å²) in [7, 11) is 0. The molecule has 0 bridgehead atoms. The summed E-state index contributed by atoms with van der Waals surface area (Å²) >= 11 is 7.09. The minimum absolute atomic E-state index is 0.106. The number of amides is 1. The van der Waals surface area contributed by atoms with Gasteiger partial charge in [0.2, 0.25) is 5.91 Å². The van der Waals surface area contributed by atoms with E-state index in [9.17, 15) is 18.4 Å². The Labute approximate surface area is 185 Å². The highest BCUT2D eigenvalue weighted by Crippen LogP contribution is 2.23. The molecule has 1 amide bonds. The van der Waals surface area contributed by atoms with E-state index in [0.29, 0.717) is 40.3 Å². The Balaban J connectivity index is 1.58. The van der Waals surface area contributed by atoms with Crippen LogP contribution < -0.4 is 10.9 Å². The van der Waals surface area contributed by atoms with E-state index in [4.69, 9.17) is 16.3 Å². The number of hydrogen-bond acceptors (Lipinski definition) is 5. The van der Waals surface area contributed by atoms with Crippen LogP contribution in [0.4, 0.5) is 14.5 Å². The van der Waals surface area contributed by atoms with E-state index in [-0.39, 0.29) is 23.1 Å². The molecule has 2 heterocycles. The Morgan fingerprint density at radius 3 is 2.87 bits per heavy atom. The number of benzene rings is 2. The van der Waals surface area contributed by atoms with Crippen LogP contribution in [0, 0.1) is 11.6 Å². The molecular formula is C21H18ClF2N3O3S. The fourth-order valence-electron chi connectivity index (χ4n) is 3.34. The predicted molar refractivity (Wildman–Crippen MR) is 116 cm³/mol. The third-order valence-electron chi connectivity index (χ3n) is 4.83. The SMILES string of the molecule is O=C(CSc1nc2cc(Cl)ccc2c(=O)n1CC1CCCO1)Nc1ccc(F)cc1F. The van der Waals surface area contributed by atoms with Crippen molar-refractivity contribution in [2.75, 3.05) is 17.7 Å². The number of nitrogens with one attached hydrogen (secondary N) is 1. The maximum absolute atomic E-state index is 13.8. The lowest BCUT2D eigenvalue weighted by Crippen LogP contribution is -2.29. The van der Waals surface area contributed by atoms with E-state index in [1.54, 1.807) is 18.2 Å². The average molecular weight is 466 g/mol. The molecular weight excluding hydrogens is 448 g/mol. The second-order valence-electron chi connectivity index (χ2n) is 7.07. The van der Waals surface area contributed by atoms with Crippen molar-refractivity contribution in [2.45, 2.75) is 30.6 Å². The van der Waals surface area contributed by atoms with Crippen molar-refractivity contribution in [3.63, 3.8) is 0 Å². The standard InChI is InChI=1S/C21H18ClF2N3O3S/c22-12-3-5-15-18(8-12)26-21(27(20(15)29)10-14-2-1-7-30-14)31-11-19(28)25-17-6-4-13(23)9-16(17)24/h3-6,8-9,14H,1-2,7,10-11H2,(H,25,28). The number of carbonyl (C=O) groups excluding carboxylic acids is 1. The number of anilines is 1. The molecule has 1 N–H and O–H groups in total. The van der Waals surface area contributed by atoms with Crippen molar-refractivity contribution >= 4 is 45.9 Å². The third kappa shape index (κ3) is 5.06. The van der Waals surface area contributed by atoms with E-state index < -0.39 is 17.5 Å². The van der Waals surface area contributed by atoms with Crippen LogP contribution in [0.15, 0.2) is 46.3 Å². The topological polar surface area (TPSA) is 73.2 Å². The number of hydrogen-bond donors (Lipinski definition) is 1. The Morgan fingerprint density at radius 1 is 1.29 bits per heavy atom. The highest BCUT2D eigenvalue weighted by Gasteiger charge is 2.21. The maximum Gasteiger partial charge on any atom is 0.262 e. The third-order valence-corrected chi connectivity index (χ3v) is 6.04. The Kier molecular flexibility index (Phi) is 6.54. The van der Waals surface area contributed by atoms with Crippen LogP contribution in [-0.4, -0.2) is 33.9 Å². The summed E-state index contributed by atoms with van der Waals surface area (Å²) in [5.41, 5.74) is 0.0558. The molecule has 4 rings (SSSR count). The van der Waals surface area contributed by atoms with Crippen molar-refractivity contribution in [3.05, 3.63) is 63.4 Å². The van der Waals surface area contributed by atoms with Crippen LogP contribution in [0.2, 0.25) is 5.02 Å². The number of halogens is 3. The van der Waals surface area contributed by atoms with Gasteiger partial charge in [-0.15, -0.1) is 0 Å². The molecule has 0 saturated carbocycles. The van der Waals surface area contributed by atoms with E-state index in [0.717, 1.165) is 36.7 Å². The van der Waals surface area contributed by atoms with Gasteiger partial charge in [-0.25, -0.2) is 13.8 Å². The minimum Gasteiger partial charge on any atom is -0.376 e. The summed E-state index contributed by atoms with van der Waals surface area (Å²) in [6.45, 7) is 0.963. The lowest BCUT2D eigenvalue weighted by atomic mass is 10.2. The van der Waals surface area contributed by atoms with Crippen molar-refractivity contribution < 1.29 is 18.3 Å². The van der Waals surface area contributed by atoms with Gasteiger partial charge >= 0.3 is 0 Å². The molecule has 1 saturated heterocycles. The number of rotatable bonds is 6. The van der Waals surface area contributed by atoms with E-state index in [1.807, 2.05) is 0 Å². The highest BCUT2D eigenvalue weighted by molar-refractivity contribution is 7.99. The zero-order valence-corrected chi connectivity index (χ0v) is 17.8. The molecule has 1 fully saturated rings. The fraction of sp³-hybridized carbons (Fsp3) is 0.286. The zero-order valence-electron chi connectivity index (χ0n) is 16.2. The molecule has 1 aliphatic heterocycles. The summed E-state index contributed by atoms with van der Waals surface area (Å²) < 4.78 is 34.0. The van der Waals surface area contributed by atoms with E-state index >= 15 is 0 Å². The molecule has 0 radical (unpaired) electrons. The second-order valence-corrected chi connectivity index (χ2v) is 8.45. The molecule has 162 valence electrons. The smallest absolute Gasteiger partial charge is 0.262 e. The van der Waals surface area contributed by atoms with Gasteiger partial charge in [-0.2, -0.15) is 0 Å². The summed E-state index contributed by atoms with van der Waals surface area (Å²) in [6, 6.07) is 7.73. The Hall–Kier alpha value is -2.49. The van der Waals surface area contributed by atoms with Crippen LogP contribution in [0.3, 0.4) is 0 Å². The largest absolute Gasteiger partial charge is 0.376 e. The van der Waals surface area contributed by atoms with Crippen LogP contribution in [0.1, 0.15) is 12.8 Å². The van der Waals surface area contributed by atoms with E-state index in [2.05, 4.69) is 10.3 Å². The first-order valence-corrected chi connectivity index (χ1v) is 11.0. The zero-order chi connectivity index (χ0) is 22.0. The number of carbonyl (C=O) groups is 1. The van der Waals surface area contributed by atoms with Crippen molar-refractivity contribution in [1.82, 2.24) is 9.55 Å². The molecule has 10 heteroatoms. The summed E-state index contributed by atoms with van der Waals surface area (Å²) in [5, 5.41) is 3.60. The van der Waals surface area contributed by atoms with Crippen LogP contribution in [0.25, 0.3) is 10.9 Å². The first-order chi connectivity index (χ1) is 14.9. The first kappa shape index (κ1) is 21.7. The average Bonchev–Trinajstić information content (AvgIpc) is 3.24. The van der Waals surface area contributed by atoms with Crippen LogP contribution >= 0.6 is 23.4 Å². The van der Waals surface area contributed by atoms with Gasteiger partial charge < -0.3 is 10.1 Å². The fourth-order valence-corrected chi connectivity index (χ4v) is 4.32. The minimum atomic E-state index is -0.868. The molecule has 31 heavy (non-hydrogen) atoms. The first-order valence-electron chi connectivity index (χ1n) is 9.60. The highest BCUT2D eigenvalue weighted by atomic mass is 35.5. The van der Waals surface area contributed by atoms with Gasteiger partial charge in [0.05, 0.1) is 35.0 Å². The van der Waals surface area contributed by atoms with Crippen LogP contribution in [0.5, 0.6) is 0 Å². The Bertz CT molecular complexity index is 1200. The molecule has 1 aromatic heterocycles. The lowest BCUT2D eigenvalue weighted by molar-refractivity contribution is -0.113. The van der Waals surface area contributed by atoms with Gasteiger partial charge in [0.15, 0.2) is 5.16 Å². The summed E-state index contributed by atoms with van der Waals surface area (Å²) in [5.74, 6) is -2.24. The number of ether oxygens (including phenoxy) is 1. The molecule has 6 nitrogen and oxygen atoms in total. The van der Waals surface area contributed by atoms with Crippen molar-refractivity contribution in [1.29, 1.82) is 0 Å². The molecule has 1 aliphatic rings. The number of thioether (sulfide) groups is 1. The van der Waals surface area contributed by atoms with Crippen LogP contribution in [-0.2, 0) is 16.1 Å². The van der Waals surface area contributed by atoms with E-state index in [1.165, 1.54) is 4.57 Å². The molecule has 0 aliphatic carbocycles. The molecule has 1 atom stereocenters. The number of nitrogens with zero attached hydrogens (tertiary/aromatic N) is 2. The van der Waals surface area contributed by atoms with Gasteiger partial charge in [0.25, 0.3) is 5.56 Å². The van der Waals surface area contributed by atoms with Crippen molar-refractivity contribution in [3.8, 4) is 0 Å². The Morgan fingerprint density at radius 2 is 2.13 bits per heavy atom. The van der Waals surface area contributed by atoms with Gasteiger partial charge in [0.1, 0.15) is 11.6 Å². The van der Waals surface area contributed by atoms with Gasteiger partial charge in [-0.05, 0) is 43.2 Å². The monoisotopic (exact) mass is 465 g/mol. The number of aromatic nitrogens is 2. The van der Waals surface area contributed by atoms with Gasteiger partial charge in [-0.1, -0.05) is 23.4 Å². The van der Waals surface area contributed by atoms with Crippen molar-refractivity contribution in [2.24, 2.45) is 0 Å². The molecule has 2 aromatic carbocycles. The number of fused-ring (bicyclic) bond motifs is 1. The van der Waals surface area contributed by atoms with Gasteiger partial charge in [0, 0.05) is 17.7 Å². The molecule has 0 spiro atoms.